The van der Waals surface area contributed by atoms with E-state index in [1.54, 1.807) is 0 Å². The van der Waals surface area contributed by atoms with Crippen LogP contribution in [0.5, 0.6) is 0 Å². The number of nitrogens with one attached hydrogen (secondary N) is 1. The van der Waals surface area contributed by atoms with Crippen molar-refractivity contribution in [2.75, 3.05) is 13.1 Å². The molecule has 2 atom stereocenters. The van der Waals surface area contributed by atoms with E-state index in [1.165, 1.54) is 4.90 Å². The number of amides is 1. The number of hydrogen-bond donors (Lipinski definition) is 3. The summed E-state index contributed by atoms with van der Waals surface area (Å²) in [4.78, 5) is 50.9. The summed E-state index contributed by atoms with van der Waals surface area (Å²) < 4.78 is 1.13. The first-order valence-electron chi connectivity index (χ1n) is 8.89. The van der Waals surface area contributed by atoms with Crippen LogP contribution in [0.15, 0.2) is 15.8 Å². The summed E-state index contributed by atoms with van der Waals surface area (Å²) in [5, 5.41) is 19.3. The molecule has 1 saturated heterocycles. The summed E-state index contributed by atoms with van der Waals surface area (Å²) in [6.45, 7) is 0.126. The lowest BCUT2D eigenvalue weighted by atomic mass is 9.79. The Morgan fingerprint density at radius 1 is 1.22 bits per heavy atom. The van der Waals surface area contributed by atoms with Crippen molar-refractivity contribution in [1.29, 1.82) is 0 Å². The van der Waals surface area contributed by atoms with Crippen LogP contribution in [0, 0.1) is 5.41 Å². The molecule has 3 N–H and O–H groups in total. The van der Waals surface area contributed by atoms with E-state index in [2.05, 4.69) is 4.98 Å². The van der Waals surface area contributed by atoms with Gasteiger partial charge in [0.25, 0.3) is 5.56 Å². The molecule has 2 fully saturated rings. The number of aliphatic carboxylic acids is 1. The number of hydrogen-bond acceptors (Lipinski definition) is 5. The summed E-state index contributed by atoms with van der Waals surface area (Å²) in [6, 6.07) is -0.727. The van der Waals surface area contributed by atoms with Gasteiger partial charge < -0.3 is 15.1 Å². The minimum absolute atomic E-state index is 0.0375. The average Bonchev–Trinajstić information content (AvgIpc) is 3.17. The highest BCUT2D eigenvalue weighted by atomic mass is 35.5. The van der Waals surface area contributed by atoms with E-state index in [0.29, 0.717) is 12.8 Å². The minimum Gasteiger partial charge on any atom is -0.481 e. The fourth-order valence-corrected chi connectivity index (χ4v) is 4.40. The van der Waals surface area contributed by atoms with Gasteiger partial charge in [-0.15, -0.1) is 0 Å². The van der Waals surface area contributed by atoms with Crippen molar-refractivity contribution in [2.45, 2.75) is 50.7 Å². The maximum absolute atomic E-state index is 12.8. The Morgan fingerprint density at radius 2 is 1.89 bits per heavy atom. The third-order valence-electron chi connectivity index (χ3n) is 5.61. The number of aromatic amines is 1. The second kappa shape index (κ2) is 7.47. The summed E-state index contributed by atoms with van der Waals surface area (Å²) in [6.07, 6.45) is 3.42. The number of β-amino-alcohol motifs (C(OH)–C–C–N with tert-alkyl or cyclic N) is 1. The van der Waals surface area contributed by atoms with Gasteiger partial charge in [0, 0.05) is 25.7 Å². The molecule has 148 valence electrons. The Labute approximate surface area is 159 Å². The first-order chi connectivity index (χ1) is 12.7. The van der Waals surface area contributed by atoms with Crippen LogP contribution in [0.25, 0.3) is 0 Å². The summed E-state index contributed by atoms with van der Waals surface area (Å²) in [5.74, 6) is -1.15. The molecule has 10 heteroatoms. The Hall–Kier alpha value is -2.13. The van der Waals surface area contributed by atoms with Crippen molar-refractivity contribution in [2.24, 2.45) is 5.41 Å². The van der Waals surface area contributed by atoms with Gasteiger partial charge in [0.1, 0.15) is 5.02 Å². The van der Waals surface area contributed by atoms with E-state index in [1.807, 2.05) is 0 Å². The van der Waals surface area contributed by atoms with Crippen molar-refractivity contribution in [3.63, 3.8) is 0 Å². The molecule has 1 aliphatic heterocycles. The molecule has 1 aromatic heterocycles. The van der Waals surface area contributed by atoms with Crippen molar-refractivity contribution in [3.8, 4) is 0 Å². The smallest absolute Gasteiger partial charge is 0.328 e. The van der Waals surface area contributed by atoms with Crippen molar-refractivity contribution in [3.05, 3.63) is 32.1 Å². The van der Waals surface area contributed by atoms with Crippen LogP contribution in [-0.2, 0) is 9.59 Å². The molecule has 0 aromatic carbocycles. The zero-order chi connectivity index (χ0) is 19.8. The van der Waals surface area contributed by atoms with Crippen molar-refractivity contribution in [1.82, 2.24) is 14.5 Å². The number of H-pyrrole nitrogens is 1. The van der Waals surface area contributed by atoms with Gasteiger partial charge in [0.2, 0.25) is 5.91 Å². The molecular weight excluding hydrogens is 378 g/mol. The largest absolute Gasteiger partial charge is 0.481 e. The second-order valence-corrected chi connectivity index (χ2v) is 7.94. The molecular formula is C17H22ClN3O6. The Balaban J connectivity index is 1.75. The number of rotatable bonds is 5. The lowest BCUT2D eigenvalue weighted by molar-refractivity contribution is -0.141. The zero-order valence-electron chi connectivity index (χ0n) is 14.7. The van der Waals surface area contributed by atoms with Gasteiger partial charge in [-0.3, -0.25) is 23.9 Å². The molecule has 1 aromatic rings. The predicted octanol–water partition coefficient (Wildman–Crippen LogP) is 0.359. The first kappa shape index (κ1) is 19.6. The Bertz CT molecular complexity index is 857. The highest BCUT2D eigenvalue weighted by molar-refractivity contribution is 6.30. The van der Waals surface area contributed by atoms with Crippen molar-refractivity contribution >= 4 is 23.5 Å². The van der Waals surface area contributed by atoms with Crippen LogP contribution in [0.3, 0.4) is 0 Å². The molecule has 3 rings (SSSR count). The molecule has 0 spiro atoms. The normalized spacial score (nSPS) is 24.3. The molecule has 0 unspecified atom stereocenters. The van der Waals surface area contributed by atoms with E-state index in [4.69, 9.17) is 11.6 Å². The van der Waals surface area contributed by atoms with E-state index in [9.17, 15) is 29.4 Å². The van der Waals surface area contributed by atoms with Gasteiger partial charge in [0.05, 0.1) is 18.6 Å². The fraction of sp³-hybridized carbons (Fsp3) is 0.647. The third-order valence-corrected chi connectivity index (χ3v) is 5.88. The van der Waals surface area contributed by atoms with Gasteiger partial charge in [-0.1, -0.05) is 24.4 Å². The van der Waals surface area contributed by atoms with Crippen LogP contribution in [0.1, 0.15) is 44.6 Å². The molecule has 1 amide bonds. The van der Waals surface area contributed by atoms with Crippen molar-refractivity contribution < 1.29 is 19.8 Å². The van der Waals surface area contributed by atoms with Gasteiger partial charge in [-0.2, -0.15) is 0 Å². The lowest BCUT2D eigenvalue weighted by Gasteiger charge is -2.29. The second-order valence-electron chi connectivity index (χ2n) is 7.53. The van der Waals surface area contributed by atoms with E-state index >= 15 is 0 Å². The Kier molecular flexibility index (Phi) is 5.43. The fourth-order valence-electron chi connectivity index (χ4n) is 4.25. The molecule has 27 heavy (non-hydrogen) atoms. The van der Waals surface area contributed by atoms with E-state index in [0.717, 1.165) is 23.6 Å². The van der Waals surface area contributed by atoms with Gasteiger partial charge >= 0.3 is 11.7 Å². The molecule has 2 heterocycles. The van der Waals surface area contributed by atoms with E-state index in [-0.39, 0.29) is 36.9 Å². The molecule has 1 aliphatic carbocycles. The number of aromatic nitrogens is 2. The number of carbonyl (C=O) groups is 2. The quantitative estimate of drug-likeness (QED) is 0.654. The number of aliphatic hydroxyl groups is 1. The van der Waals surface area contributed by atoms with Crippen LogP contribution in [0.4, 0.5) is 0 Å². The number of carbonyl (C=O) groups excluding carboxylic acids is 1. The number of halogens is 1. The minimum atomic E-state index is -0.993. The van der Waals surface area contributed by atoms with Crippen LogP contribution in [-0.4, -0.2) is 55.7 Å². The average molecular weight is 400 g/mol. The summed E-state index contributed by atoms with van der Waals surface area (Å²) in [7, 11) is 0. The SMILES string of the molecule is O=C(O)CC1(CC(=O)N2C[C@H](O)[C@@H](n3cc(Cl)c(=O)[nH]c3=O)C2)CCCC1. The highest BCUT2D eigenvalue weighted by Gasteiger charge is 2.42. The molecule has 0 bridgehead atoms. The van der Waals surface area contributed by atoms with Crippen LogP contribution < -0.4 is 11.2 Å². The van der Waals surface area contributed by atoms with Crippen LogP contribution >= 0.6 is 11.6 Å². The zero-order valence-corrected chi connectivity index (χ0v) is 15.4. The maximum Gasteiger partial charge on any atom is 0.328 e. The third kappa shape index (κ3) is 4.08. The van der Waals surface area contributed by atoms with Gasteiger partial charge in [0.15, 0.2) is 0 Å². The monoisotopic (exact) mass is 399 g/mol. The molecule has 0 radical (unpaired) electrons. The van der Waals surface area contributed by atoms with E-state index < -0.39 is 34.8 Å². The highest BCUT2D eigenvalue weighted by Crippen LogP contribution is 2.44. The lowest BCUT2D eigenvalue weighted by Crippen LogP contribution is -2.37. The van der Waals surface area contributed by atoms with Gasteiger partial charge in [-0.05, 0) is 18.3 Å². The molecule has 1 saturated carbocycles. The van der Waals surface area contributed by atoms with Gasteiger partial charge in [-0.25, -0.2) is 4.79 Å². The molecule has 9 nitrogen and oxygen atoms in total. The number of aliphatic hydroxyl groups excluding tert-OH is 1. The topological polar surface area (TPSA) is 133 Å². The number of likely N-dealkylation sites (tertiary alicyclic amines) is 1. The summed E-state index contributed by atoms with van der Waals surface area (Å²) >= 11 is 5.77. The maximum atomic E-state index is 12.8. The number of nitrogens with zero attached hydrogens (tertiary/aromatic N) is 2. The standard InChI is InChI=1S/C17H22ClN3O6/c18-10-7-21(16(27)19-15(10)26)11-8-20(9-12(11)22)13(23)5-17(6-14(24)25)3-1-2-4-17/h7,11-12,22H,1-6,8-9H2,(H,24,25)(H,19,26,27)/t11-,12-/m0/s1. The number of carboxylic acid groups (broad SMARTS) is 1. The Morgan fingerprint density at radius 3 is 2.52 bits per heavy atom. The predicted molar refractivity (Wildman–Crippen MR) is 95.7 cm³/mol. The number of carboxylic acids is 1. The summed E-state index contributed by atoms with van der Waals surface area (Å²) in [5.41, 5.74) is -1.96. The first-order valence-corrected chi connectivity index (χ1v) is 9.27. The molecule has 2 aliphatic rings. The van der Waals surface area contributed by atoms with Crippen LogP contribution in [0.2, 0.25) is 5.02 Å².